The lowest BCUT2D eigenvalue weighted by molar-refractivity contribution is -0.133. The fraction of sp³-hybridized carbons (Fsp3) is 0.857. The Bertz CT molecular complexity index is 329. The van der Waals surface area contributed by atoms with Crippen LogP contribution in [0.1, 0.15) is 46.5 Å². The molecule has 0 unspecified atom stereocenters. The Hall–Kier alpha value is -1.06. The van der Waals surface area contributed by atoms with E-state index in [0.29, 0.717) is 11.8 Å². The first-order valence-electron chi connectivity index (χ1n) is 6.87. The quantitative estimate of drug-likeness (QED) is 0.760. The molecule has 3 rings (SSSR count). The van der Waals surface area contributed by atoms with Gasteiger partial charge in [0, 0.05) is 13.1 Å². The average molecular weight is 253 g/mol. The maximum atomic E-state index is 12.1. The number of rotatable bonds is 2. The number of Topliss-reactive ketones (excluding diaryl/α,β-unsaturated/α-hetero) is 1. The van der Waals surface area contributed by atoms with E-state index in [1.165, 1.54) is 32.6 Å². The Morgan fingerprint density at radius 1 is 1.06 bits per heavy atom. The number of ketones is 1. The van der Waals surface area contributed by atoms with Crippen LogP contribution in [0, 0.1) is 11.8 Å². The van der Waals surface area contributed by atoms with E-state index >= 15 is 0 Å². The lowest BCUT2D eigenvalue weighted by Gasteiger charge is -2.28. The first-order valence-corrected chi connectivity index (χ1v) is 6.87. The number of carbonyl (C=O) groups excluding carboxylic acids is 2. The SMILES string of the molecule is CC(=O)C(C)(C)OC(=O)N1CC2CCC(CC2)C1. The van der Waals surface area contributed by atoms with Crippen LogP contribution in [0.15, 0.2) is 0 Å². The number of ether oxygens (including phenoxy) is 1. The first-order chi connectivity index (χ1) is 8.38. The van der Waals surface area contributed by atoms with Gasteiger partial charge in [-0.15, -0.1) is 0 Å². The lowest BCUT2D eigenvalue weighted by atomic mass is 9.84. The van der Waals surface area contributed by atoms with Gasteiger partial charge in [0.15, 0.2) is 11.4 Å². The van der Waals surface area contributed by atoms with Crippen LogP contribution < -0.4 is 0 Å². The van der Waals surface area contributed by atoms with Crippen LogP contribution in [-0.2, 0) is 9.53 Å². The van der Waals surface area contributed by atoms with Crippen molar-refractivity contribution in [2.45, 2.75) is 52.1 Å². The molecule has 18 heavy (non-hydrogen) atoms. The van der Waals surface area contributed by atoms with Crippen LogP contribution >= 0.6 is 0 Å². The van der Waals surface area contributed by atoms with Gasteiger partial charge in [-0.2, -0.15) is 0 Å². The van der Waals surface area contributed by atoms with Crippen molar-refractivity contribution in [2.75, 3.05) is 13.1 Å². The summed E-state index contributed by atoms with van der Waals surface area (Å²) in [5.74, 6) is 1.13. The smallest absolute Gasteiger partial charge is 0.410 e. The molecule has 0 aromatic carbocycles. The third-order valence-electron chi connectivity index (χ3n) is 4.37. The predicted octanol–water partition coefficient (Wildman–Crippen LogP) is 2.61. The molecule has 3 fully saturated rings. The highest BCUT2D eigenvalue weighted by Crippen LogP contribution is 2.34. The van der Waals surface area contributed by atoms with Crippen molar-refractivity contribution in [1.82, 2.24) is 4.90 Å². The van der Waals surface area contributed by atoms with Crippen LogP contribution in [0.3, 0.4) is 0 Å². The summed E-state index contributed by atoms with van der Waals surface area (Å²) in [5, 5.41) is 0. The van der Waals surface area contributed by atoms with Gasteiger partial charge in [-0.3, -0.25) is 4.79 Å². The number of carbonyl (C=O) groups is 2. The third kappa shape index (κ3) is 2.85. The van der Waals surface area contributed by atoms with E-state index in [1.54, 1.807) is 18.7 Å². The zero-order valence-electron chi connectivity index (χ0n) is 11.6. The average Bonchev–Trinajstić information content (AvgIpc) is 2.61. The van der Waals surface area contributed by atoms with E-state index in [9.17, 15) is 9.59 Å². The fourth-order valence-corrected chi connectivity index (χ4v) is 2.80. The van der Waals surface area contributed by atoms with Gasteiger partial charge in [0.2, 0.25) is 0 Å². The Balaban J connectivity index is 1.99. The maximum Gasteiger partial charge on any atom is 0.410 e. The van der Waals surface area contributed by atoms with Gasteiger partial charge in [0.25, 0.3) is 0 Å². The molecule has 0 atom stereocenters. The summed E-state index contributed by atoms with van der Waals surface area (Å²) in [7, 11) is 0. The topological polar surface area (TPSA) is 46.6 Å². The second-order valence-electron chi connectivity index (χ2n) is 6.23. The number of nitrogens with zero attached hydrogens (tertiary/aromatic N) is 1. The molecule has 4 nitrogen and oxygen atoms in total. The van der Waals surface area contributed by atoms with Gasteiger partial charge < -0.3 is 9.64 Å². The Morgan fingerprint density at radius 3 is 1.89 bits per heavy atom. The molecule has 0 radical (unpaired) electrons. The van der Waals surface area contributed by atoms with E-state index in [1.807, 2.05) is 0 Å². The van der Waals surface area contributed by atoms with Crippen molar-refractivity contribution in [3.05, 3.63) is 0 Å². The molecule has 0 aromatic rings. The van der Waals surface area contributed by atoms with E-state index in [4.69, 9.17) is 4.74 Å². The second-order valence-corrected chi connectivity index (χ2v) is 6.23. The molecule has 2 saturated heterocycles. The molecule has 0 spiro atoms. The van der Waals surface area contributed by atoms with Gasteiger partial charge in [0.05, 0.1) is 0 Å². The molecule has 0 N–H and O–H groups in total. The largest absolute Gasteiger partial charge is 0.435 e. The van der Waals surface area contributed by atoms with Crippen LogP contribution in [-0.4, -0.2) is 35.5 Å². The number of hydrogen-bond donors (Lipinski definition) is 0. The van der Waals surface area contributed by atoms with Crippen molar-refractivity contribution >= 4 is 11.9 Å². The van der Waals surface area contributed by atoms with Gasteiger partial charge >= 0.3 is 6.09 Å². The van der Waals surface area contributed by atoms with E-state index < -0.39 is 5.60 Å². The van der Waals surface area contributed by atoms with Crippen molar-refractivity contribution in [2.24, 2.45) is 11.8 Å². The van der Waals surface area contributed by atoms with Gasteiger partial charge in [-0.25, -0.2) is 4.79 Å². The van der Waals surface area contributed by atoms with E-state index in [2.05, 4.69) is 0 Å². The molecule has 2 aliphatic heterocycles. The summed E-state index contributed by atoms with van der Waals surface area (Å²) in [5.41, 5.74) is -1.01. The molecular formula is C14H23NO3. The van der Waals surface area contributed by atoms with Crippen molar-refractivity contribution < 1.29 is 14.3 Å². The Labute approximate surface area is 109 Å². The van der Waals surface area contributed by atoms with E-state index in [0.717, 1.165) is 13.1 Å². The summed E-state index contributed by atoms with van der Waals surface area (Å²) in [6.45, 7) is 6.35. The van der Waals surface area contributed by atoms with Crippen LogP contribution in [0.4, 0.5) is 4.79 Å². The molecule has 1 amide bonds. The number of hydrogen-bond acceptors (Lipinski definition) is 3. The predicted molar refractivity (Wildman–Crippen MR) is 68.3 cm³/mol. The summed E-state index contributed by atoms with van der Waals surface area (Å²) in [6, 6.07) is 0. The standard InChI is InChI=1S/C14H23NO3/c1-10(16)14(2,3)18-13(17)15-8-11-4-5-12(9-15)7-6-11/h11-12H,4-9H2,1-3H3. The monoisotopic (exact) mass is 253 g/mol. The van der Waals surface area contributed by atoms with Crippen molar-refractivity contribution in [3.8, 4) is 0 Å². The summed E-state index contributed by atoms with van der Waals surface area (Å²) in [6.07, 6.45) is 4.58. The highest BCUT2D eigenvalue weighted by Gasteiger charge is 2.35. The van der Waals surface area contributed by atoms with Crippen LogP contribution in [0.2, 0.25) is 0 Å². The summed E-state index contributed by atoms with van der Waals surface area (Å²) < 4.78 is 5.36. The minimum atomic E-state index is -1.01. The van der Waals surface area contributed by atoms with Crippen molar-refractivity contribution in [1.29, 1.82) is 0 Å². The van der Waals surface area contributed by atoms with Crippen LogP contribution in [0.25, 0.3) is 0 Å². The molecule has 3 aliphatic rings. The van der Waals surface area contributed by atoms with Gasteiger partial charge in [0.1, 0.15) is 0 Å². The Morgan fingerprint density at radius 2 is 1.50 bits per heavy atom. The fourth-order valence-electron chi connectivity index (χ4n) is 2.80. The highest BCUT2D eigenvalue weighted by molar-refractivity contribution is 5.86. The molecular weight excluding hydrogens is 230 g/mol. The molecule has 2 bridgehead atoms. The zero-order chi connectivity index (χ0) is 13.3. The highest BCUT2D eigenvalue weighted by atomic mass is 16.6. The summed E-state index contributed by atoms with van der Waals surface area (Å²) >= 11 is 0. The Kier molecular flexibility index (Phi) is 3.64. The normalized spacial score (nSPS) is 27.8. The molecule has 102 valence electrons. The van der Waals surface area contributed by atoms with Gasteiger partial charge in [-0.1, -0.05) is 0 Å². The number of amides is 1. The molecule has 2 heterocycles. The van der Waals surface area contributed by atoms with Crippen LogP contribution in [0.5, 0.6) is 0 Å². The zero-order valence-corrected chi connectivity index (χ0v) is 11.6. The van der Waals surface area contributed by atoms with E-state index in [-0.39, 0.29) is 11.9 Å². The summed E-state index contributed by atoms with van der Waals surface area (Å²) in [4.78, 5) is 25.3. The third-order valence-corrected chi connectivity index (χ3v) is 4.37. The molecule has 1 saturated carbocycles. The maximum absolute atomic E-state index is 12.1. The molecule has 0 aromatic heterocycles. The minimum absolute atomic E-state index is 0.117. The van der Waals surface area contributed by atoms with Crippen molar-refractivity contribution in [3.63, 3.8) is 0 Å². The lowest BCUT2D eigenvalue weighted by Crippen LogP contribution is -2.43. The molecule has 4 heteroatoms. The minimum Gasteiger partial charge on any atom is -0.435 e. The van der Waals surface area contributed by atoms with Gasteiger partial charge in [-0.05, 0) is 58.3 Å². The molecule has 1 aliphatic carbocycles. The second kappa shape index (κ2) is 4.90. The first kappa shape index (κ1) is 13.4. The number of fused-ring (bicyclic) bond motifs is 4.